The number of amides is 1. The van der Waals surface area contributed by atoms with Crippen molar-refractivity contribution in [3.05, 3.63) is 22.2 Å². The third-order valence-electron chi connectivity index (χ3n) is 2.73. The molecule has 1 aromatic heterocycles. The van der Waals surface area contributed by atoms with E-state index in [9.17, 15) is 4.79 Å². The molecule has 0 aromatic carbocycles. The second kappa shape index (κ2) is 5.88. The van der Waals surface area contributed by atoms with Crippen molar-refractivity contribution in [2.75, 3.05) is 19.6 Å². The minimum Gasteiger partial charge on any atom is -0.347 e. The topological polar surface area (TPSA) is 66.9 Å². The Kier molecular flexibility index (Phi) is 4.22. The fourth-order valence-corrected chi connectivity index (χ4v) is 2.38. The highest BCUT2D eigenvalue weighted by Gasteiger charge is 2.15. The molecule has 0 saturated heterocycles. The molecule has 0 fully saturated rings. The van der Waals surface area contributed by atoms with Crippen LogP contribution in [-0.2, 0) is 6.42 Å². The molecular formula is C11H16N4OS. The standard InChI is InChI=1S/C11H16N4OS/c1-2-9-10(17-15-14-9)11(16)13-7-8-3-5-12-6-4-8/h3,12H,2,4-7H2,1H3,(H,13,16). The van der Waals surface area contributed by atoms with Gasteiger partial charge in [0.15, 0.2) is 0 Å². The summed E-state index contributed by atoms with van der Waals surface area (Å²) in [6.07, 6.45) is 3.88. The van der Waals surface area contributed by atoms with E-state index >= 15 is 0 Å². The van der Waals surface area contributed by atoms with E-state index in [2.05, 4.69) is 26.3 Å². The first kappa shape index (κ1) is 12.2. The molecule has 6 heteroatoms. The predicted octanol–water partition coefficient (Wildman–Crippen LogP) is 0.750. The summed E-state index contributed by atoms with van der Waals surface area (Å²) in [5.41, 5.74) is 2.07. The van der Waals surface area contributed by atoms with Crippen LogP contribution in [0.3, 0.4) is 0 Å². The van der Waals surface area contributed by atoms with Gasteiger partial charge in [-0.15, -0.1) is 5.10 Å². The van der Waals surface area contributed by atoms with Crippen LogP contribution in [0.5, 0.6) is 0 Å². The number of aryl methyl sites for hydroxylation is 1. The van der Waals surface area contributed by atoms with Crippen LogP contribution in [0.15, 0.2) is 11.6 Å². The molecule has 1 aliphatic heterocycles. The van der Waals surface area contributed by atoms with E-state index in [4.69, 9.17) is 0 Å². The first-order valence-electron chi connectivity index (χ1n) is 5.79. The summed E-state index contributed by atoms with van der Waals surface area (Å²) in [4.78, 5) is 12.5. The molecule has 2 N–H and O–H groups in total. The van der Waals surface area contributed by atoms with Gasteiger partial charge in [0.1, 0.15) is 4.88 Å². The van der Waals surface area contributed by atoms with Gasteiger partial charge in [0, 0.05) is 13.1 Å². The average molecular weight is 252 g/mol. The molecule has 0 unspecified atom stereocenters. The summed E-state index contributed by atoms with van der Waals surface area (Å²) < 4.78 is 3.82. The monoisotopic (exact) mass is 252 g/mol. The van der Waals surface area contributed by atoms with Gasteiger partial charge in [-0.3, -0.25) is 4.79 Å². The van der Waals surface area contributed by atoms with Crippen LogP contribution in [0.1, 0.15) is 28.7 Å². The first-order chi connectivity index (χ1) is 8.31. The van der Waals surface area contributed by atoms with Crippen molar-refractivity contribution < 1.29 is 4.79 Å². The van der Waals surface area contributed by atoms with Crippen molar-refractivity contribution in [1.29, 1.82) is 0 Å². The van der Waals surface area contributed by atoms with Crippen LogP contribution in [-0.4, -0.2) is 35.1 Å². The second-order valence-electron chi connectivity index (χ2n) is 3.90. The summed E-state index contributed by atoms with van der Waals surface area (Å²) in [5.74, 6) is -0.0590. The van der Waals surface area contributed by atoms with Crippen LogP contribution in [0.2, 0.25) is 0 Å². The number of nitrogens with one attached hydrogen (secondary N) is 2. The summed E-state index contributed by atoms with van der Waals surface area (Å²) in [6, 6.07) is 0. The molecule has 17 heavy (non-hydrogen) atoms. The normalized spacial score (nSPS) is 15.5. The Labute approximate surface area is 104 Å². The molecule has 92 valence electrons. The van der Waals surface area contributed by atoms with Crippen molar-refractivity contribution in [3.63, 3.8) is 0 Å². The van der Waals surface area contributed by atoms with E-state index in [1.54, 1.807) is 0 Å². The van der Waals surface area contributed by atoms with E-state index < -0.39 is 0 Å². The molecular weight excluding hydrogens is 236 g/mol. The molecule has 1 aromatic rings. The maximum absolute atomic E-state index is 11.9. The average Bonchev–Trinajstić information content (AvgIpc) is 2.85. The Balaban J connectivity index is 1.91. The van der Waals surface area contributed by atoms with Crippen molar-refractivity contribution in [2.24, 2.45) is 0 Å². The summed E-state index contributed by atoms with van der Waals surface area (Å²) in [5, 5.41) is 10.1. The number of carbonyl (C=O) groups is 1. The van der Waals surface area contributed by atoms with Crippen molar-refractivity contribution in [2.45, 2.75) is 19.8 Å². The lowest BCUT2D eigenvalue weighted by Crippen LogP contribution is -2.29. The van der Waals surface area contributed by atoms with Crippen LogP contribution in [0, 0.1) is 0 Å². The Morgan fingerprint density at radius 3 is 3.24 bits per heavy atom. The molecule has 0 saturated carbocycles. The zero-order valence-electron chi connectivity index (χ0n) is 9.82. The molecule has 0 radical (unpaired) electrons. The molecule has 2 rings (SSSR count). The highest BCUT2D eigenvalue weighted by atomic mass is 32.1. The largest absolute Gasteiger partial charge is 0.347 e. The summed E-state index contributed by atoms with van der Waals surface area (Å²) >= 11 is 1.16. The Morgan fingerprint density at radius 1 is 1.65 bits per heavy atom. The highest BCUT2D eigenvalue weighted by molar-refractivity contribution is 7.08. The molecule has 0 aliphatic carbocycles. The van der Waals surface area contributed by atoms with Gasteiger partial charge < -0.3 is 10.6 Å². The Hall–Kier alpha value is -1.27. The van der Waals surface area contributed by atoms with Gasteiger partial charge in [-0.1, -0.05) is 23.1 Å². The Bertz CT molecular complexity index is 427. The van der Waals surface area contributed by atoms with Crippen LogP contribution < -0.4 is 10.6 Å². The highest BCUT2D eigenvalue weighted by Crippen LogP contribution is 2.11. The maximum atomic E-state index is 11.9. The minimum absolute atomic E-state index is 0.0590. The zero-order chi connectivity index (χ0) is 12.1. The van der Waals surface area contributed by atoms with E-state index in [1.165, 1.54) is 5.57 Å². The second-order valence-corrected chi connectivity index (χ2v) is 4.66. The molecule has 2 heterocycles. The van der Waals surface area contributed by atoms with Gasteiger partial charge >= 0.3 is 0 Å². The fraction of sp³-hybridized carbons (Fsp3) is 0.545. The molecule has 1 amide bonds. The molecule has 0 atom stereocenters. The van der Waals surface area contributed by atoms with Crippen LogP contribution >= 0.6 is 11.5 Å². The number of rotatable bonds is 4. The van der Waals surface area contributed by atoms with Crippen molar-refractivity contribution in [1.82, 2.24) is 20.2 Å². The quantitative estimate of drug-likeness (QED) is 0.776. The molecule has 0 spiro atoms. The lowest BCUT2D eigenvalue weighted by molar-refractivity contribution is 0.0959. The molecule has 1 aliphatic rings. The van der Waals surface area contributed by atoms with Gasteiger partial charge in [-0.2, -0.15) is 0 Å². The van der Waals surface area contributed by atoms with Gasteiger partial charge in [0.25, 0.3) is 5.91 Å². The van der Waals surface area contributed by atoms with E-state index in [0.717, 1.165) is 43.2 Å². The zero-order valence-corrected chi connectivity index (χ0v) is 10.6. The van der Waals surface area contributed by atoms with Gasteiger partial charge in [-0.25, -0.2) is 0 Å². The number of nitrogens with zero attached hydrogens (tertiary/aromatic N) is 2. The summed E-state index contributed by atoms with van der Waals surface area (Å²) in [6.45, 7) is 4.49. The van der Waals surface area contributed by atoms with E-state index in [-0.39, 0.29) is 5.91 Å². The molecule has 0 bridgehead atoms. The number of aromatic nitrogens is 2. The Morgan fingerprint density at radius 2 is 2.53 bits per heavy atom. The van der Waals surface area contributed by atoms with Crippen molar-refractivity contribution >= 4 is 17.4 Å². The van der Waals surface area contributed by atoms with E-state index in [0.29, 0.717) is 11.4 Å². The third-order valence-corrected chi connectivity index (χ3v) is 3.50. The third kappa shape index (κ3) is 3.10. The maximum Gasteiger partial charge on any atom is 0.265 e. The first-order valence-corrected chi connectivity index (χ1v) is 6.56. The smallest absolute Gasteiger partial charge is 0.265 e. The lowest BCUT2D eigenvalue weighted by Gasteiger charge is -2.14. The van der Waals surface area contributed by atoms with Crippen LogP contribution in [0.25, 0.3) is 0 Å². The van der Waals surface area contributed by atoms with Crippen LogP contribution in [0.4, 0.5) is 0 Å². The summed E-state index contributed by atoms with van der Waals surface area (Å²) in [7, 11) is 0. The van der Waals surface area contributed by atoms with Gasteiger partial charge in [-0.05, 0) is 30.9 Å². The number of carbonyl (C=O) groups excluding carboxylic acids is 1. The van der Waals surface area contributed by atoms with Crippen molar-refractivity contribution in [3.8, 4) is 0 Å². The lowest BCUT2D eigenvalue weighted by atomic mass is 10.1. The van der Waals surface area contributed by atoms with Gasteiger partial charge in [0.2, 0.25) is 0 Å². The minimum atomic E-state index is -0.0590. The van der Waals surface area contributed by atoms with E-state index in [1.807, 2.05) is 6.92 Å². The fourth-order valence-electron chi connectivity index (χ4n) is 1.72. The predicted molar refractivity (Wildman–Crippen MR) is 67.2 cm³/mol. The number of hydrogen-bond donors (Lipinski definition) is 2. The SMILES string of the molecule is CCc1nnsc1C(=O)NCC1=CCNCC1. The number of hydrogen-bond acceptors (Lipinski definition) is 5. The van der Waals surface area contributed by atoms with Gasteiger partial charge in [0.05, 0.1) is 5.69 Å². The molecule has 5 nitrogen and oxygen atoms in total.